The van der Waals surface area contributed by atoms with Gasteiger partial charge in [0, 0.05) is 39.1 Å². The highest BCUT2D eigenvalue weighted by Crippen LogP contribution is 2.21. The Morgan fingerprint density at radius 2 is 1.74 bits per heavy atom. The molecule has 1 atom stereocenters. The van der Waals surface area contributed by atoms with Gasteiger partial charge in [0.1, 0.15) is 12.4 Å². The molecule has 1 aromatic rings. The molecule has 11 heteroatoms. The van der Waals surface area contributed by atoms with E-state index in [0.717, 1.165) is 5.56 Å². The Labute approximate surface area is 204 Å². The third-order valence-electron chi connectivity index (χ3n) is 4.82. The Morgan fingerprint density at radius 1 is 1.09 bits per heavy atom. The summed E-state index contributed by atoms with van der Waals surface area (Å²) in [7, 11) is 0. The van der Waals surface area contributed by atoms with Crippen LogP contribution in [0.15, 0.2) is 24.3 Å². The fraction of sp³-hybridized carbons (Fsp3) is 0.667. The predicted molar refractivity (Wildman–Crippen MR) is 125 cm³/mol. The van der Waals surface area contributed by atoms with Crippen molar-refractivity contribution in [2.45, 2.75) is 52.3 Å². The SMILES string of the molecule is CCOC(Cc1ccc(OCCN(CCOCCCC(F)(F)F)C(=O)NCC(C)C)cc1)C(=O)O. The molecule has 200 valence electrons. The lowest BCUT2D eigenvalue weighted by Gasteiger charge is -2.24. The molecule has 0 radical (unpaired) electrons. The summed E-state index contributed by atoms with van der Waals surface area (Å²) in [4.78, 5) is 25.2. The van der Waals surface area contributed by atoms with E-state index < -0.39 is 24.7 Å². The molecule has 0 spiro atoms. The summed E-state index contributed by atoms with van der Waals surface area (Å²) < 4.78 is 52.8. The summed E-state index contributed by atoms with van der Waals surface area (Å²) in [6.45, 7) is 7.21. The number of carbonyl (C=O) groups is 2. The number of urea groups is 1. The first-order chi connectivity index (χ1) is 16.5. The number of benzene rings is 1. The average molecular weight is 507 g/mol. The highest BCUT2D eigenvalue weighted by molar-refractivity contribution is 5.74. The topological polar surface area (TPSA) is 97.3 Å². The molecule has 2 N–H and O–H groups in total. The summed E-state index contributed by atoms with van der Waals surface area (Å²) >= 11 is 0. The minimum absolute atomic E-state index is 0.0319. The highest BCUT2D eigenvalue weighted by Gasteiger charge is 2.26. The van der Waals surface area contributed by atoms with E-state index in [1.54, 1.807) is 31.2 Å². The second-order valence-electron chi connectivity index (χ2n) is 8.38. The van der Waals surface area contributed by atoms with Crippen LogP contribution in [0.5, 0.6) is 5.75 Å². The monoisotopic (exact) mass is 506 g/mol. The largest absolute Gasteiger partial charge is 0.492 e. The molecular formula is C24H37F3N2O6. The number of aliphatic carboxylic acids is 1. The van der Waals surface area contributed by atoms with Gasteiger partial charge in [-0.15, -0.1) is 0 Å². The van der Waals surface area contributed by atoms with Gasteiger partial charge in [-0.05, 0) is 37.0 Å². The minimum Gasteiger partial charge on any atom is -0.492 e. The molecule has 0 saturated heterocycles. The molecule has 0 bridgehead atoms. The van der Waals surface area contributed by atoms with E-state index in [1.165, 1.54) is 4.90 Å². The number of ether oxygens (including phenoxy) is 3. The first-order valence-electron chi connectivity index (χ1n) is 11.7. The van der Waals surface area contributed by atoms with Crippen LogP contribution in [0.25, 0.3) is 0 Å². The lowest BCUT2D eigenvalue weighted by molar-refractivity contribution is -0.150. The van der Waals surface area contributed by atoms with Crippen molar-refractivity contribution in [2.24, 2.45) is 5.92 Å². The van der Waals surface area contributed by atoms with Crippen LogP contribution in [0.2, 0.25) is 0 Å². The van der Waals surface area contributed by atoms with Crippen molar-refractivity contribution < 1.29 is 42.1 Å². The molecule has 35 heavy (non-hydrogen) atoms. The number of carboxylic acid groups (broad SMARTS) is 1. The molecule has 0 aliphatic carbocycles. The number of nitrogens with one attached hydrogen (secondary N) is 1. The van der Waals surface area contributed by atoms with Crippen molar-refractivity contribution >= 4 is 12.0 Å². The van der Waals surface area contributed by atoms with Gasteiger partial charge in [-0.25, -0.2) is 9.59 Å². The number of carbonyl (C=O) groups excluding carboxylic acids is 1. The number of nitrogens with zero attached hydrogens (tertiary/aromatic N) is 1. The molecule has 0 aliphatic heterocycles. The second-order valence-corrected chi connectivity index (χ2v) is 8.38. The summed E-state index contributed by atoms with van der Waals surface area (Å²) in [5, 5.41) is 12.0. The van der Waals surface area contributed by atoms with Crippen molar-refractivity contribution in [1.29, 1.82) is 0 Å². The van der Waals surface area contributed by atoms with E-state index in [2.05, 4.69) is 5.32 Å². The average Bonchev–Trinajstić information content (AvgIpc) is 2.78. The van der Waals surface area contributed by atoms with Crippen LogP contribution in [-0.2, 0) is 20.7 Å². The Kier molecular flexibility index (Phi) is 14.1. The van der Waals surface area contributed by atoms with Crippen LogP contribution in [-0.4, -0.2) is 80.3 Å². The summed E-state index contributed by atoms with van der Waals surface area (Å²) in [5.41, 5.74) is 0.788. The molecule has 1 unspecified atom stereocenters. The smallest absolute Gasteiger partial charge is 0.389 e. The first-order valence-corrected chi connectivity index (χ1v) is 11.7. The number of hydrogen-bond acceptors (Lipinski definition) is 5. The fourth-order valence-electron chi connectivity index (χ4n) is 3.00. The maximum absolute atomic E-state index is 12.5. The van der Waals surface area contributed by atoms with E-state index in [0.29, 0.717) is 18.9 Å². The molecule has 0 aromatic heterocycles. The molecular weight excluding hydrogens is 469 g/mol. The maximum Gasteiger partial charge on any atom is 0.389 e. The Bertz CT molecular complexity index is 744. The summed E-state index contributed by atoms with van der Waals surface area (Å²) in [5.74, 6) is -0.201. The van der Waals surface area contributed by atoms with E-state index in [-0.39, 0.29) is 57.7 Å². The molecule has 0 fully saturated rings. The number of alkyl halides is 3. The van der Waals surface area contributed by atoms with Gasteiger partial charge in [0.05, 0.1) is 13.2 Å². The second kappa shape index (κ2) is 16.2. The molecule has 1 rings (SSSR count). The van der Waals surface area contributed by atoms with Gasteiger partial charge in [0.25, 0.3) is 0 Å². The zero-order valence-electron chi connectivity index (χ0n) is 20.6. The van der Waals surface area contributed by atoms with Crippen LogP contribution in [0.1, 0.15) is 39.2 Å². The summed E-state index contributed by atoms with van der Waals surface area (Å²) in [6, 6.07) is 6.64. The molecule has 0 saturated carbocycles. The maximum atomic E-state index is 12.5. The molecule has 2 amide bonds. The number of carboxylic acids is 1. The number of amides is 2. The molecule has 8 nitrogen and oxygen atoms in total. The highest BCUT2D eigenvalue weighted by atomic mass is 19.4. The normalized spacial score (nSPS) is 12.4. The Hall–Kier alpha value is -2.53. The summed E-state index contributed by atoms with van der Waals surface area (Å²) in [6.07, 6.45) is -5.92. The number of halogens is 3. The van der Waals surface area contributed by atoms with E-state index >= 15 is 0 Å². The third-order valence-corrected chi connectivity index (χ3v) is 4.82. The van der Waals surface area contributed by atoms with Gasteiger partial charge < -0.3 is 29.5 Å². The van der Waals surface area contributed by atoms with Gasteiger partial charge in [0.2, 0.25) is 0 Å². The van der Waals surface area contributed by atoms with Crippen LogP contribution >= 0.6 is 0 Å². The third kappa shape index (κ3) is 14.5. The van der Waals surface area contributed by atoms with Gasteiger partial charge in [-0.2, -0.15) is 13.2 Å². The zero-order valence-corrected chi connectivity index (χ0v) is 20.6. The van der Waals surface area contributed by atoms with E-state index in [9.17, 15) is 27.9 Å². The van der Waals surface area contributed by atoms with Crippen molar-refractivity contribution in [3.8, 4) is 5.75 Å². The predicted octanol–water partition coefficient (Wildman–Crippen LogP) is 4.12. The van der Waals surface area contributed by atoms with Crippen LogP contribution in [0.3, 0.4) is 0 Å². The van der Waals surface area contributed by atoms with Crippen molar-refractivity contribution in [2.75, 3.05) is 46.1 Å². The van der Waals surface area contributed by atoms with Crippen molar-refractivity contribution in [3.05, 3.63) is 29.8 Å². The van der Waals surface area contributed by atoms with Crippen molar-refractivity contribution in [1.82, 2.24) is 10.2 Å². The van der Waals surface area contributed by atoms with Crippen molar-refractivity contribution in [3.63, 3.8) is 0 Å². The lowest BCUT2D eigenvalue weighted by Crippen LogP contribution is -2.44. The van der Waals surface area contributed by atoms with Crippen LogP contribution in [0.4, 0.5) is 18.0 Å². The lowest BCUT2D eigenvalue weighted by atomic mass is 10.1. The van der Waals surface area contributed by atoms with E-state index in [4.69, 9.17) is 14.2 Å². The van der Waals surface area contributed by atoms with Gasteiger partial charge in [-0.1, -0.05) is 26.0 Å². The van der Waals surface area contributed by atoms with Crippen LogP contribution in [0, 0.1) is 5.92 Å². The Balaban J connectivity index is 2.53. The zero-order chi connectivity index (χ0) is 26.3. The van der Waals surface area contributed by atoms with E-state index in [1.807, 2.05) is 13.8 Å². The van der Waals surface area contributed by atoms with Gasteiger partial charge in [0.15, 0.2) is 6.10 Å². The standard InChI is InChI=1S/C24H37F3N2O6/c1-4-34-21(22(30)31)16-19-6-8-20(9-7-19)35-15-12-29(23(32)28-17-18(2)3)11-14-33-13-5-10-24(25,26)27/h6-9,18,21H,4-5,10-17H2,1-3H3,(H,28,32)(H,30,31). The quantitative estimate of drug-likeness (QED) is 0.309. The number of hydrogen-bond donors (Lipinski definition) is 2. The molecule has 0 heterocycles. The molecule has 1 aromatic carbocycles. The minimum atomic E-state index is -4.21. The number of rotatable bonds is 17. The van der Waals surface area contributed by atoms with Gasteiger partial charge in [-0.3, -0.25) is 0 Å². The fourth-order valence-corrected chi connectivity index (χ4v) is 3.00. The van der Waals surface area contributed by atoms with Crippen LogP contribution < -0.4 is 10.1 Å². The molecule has 0 aliphatic rings. The van der Waals surface area contributed by atoms with Gasteiger partial charge >= 0.3 is 18.2 Å². The first kappa shape index (κ1) is 30.5. The Morgan fingerprint density at radius 3 is 2.31 bits per heavy atom.